The van der Waals surface area contributed by atoms with E-state index in [1.807, 2.05) is 13.0 Å². The molecule has 0 radical (unpaired) electrons. The van der Waals surface area contributed by atoms with Crippen LogP contribution in [0.15, 0.2) is 18.2 Å². The highest BCUT2D eigenvalue weighted by Gasteiger charge is 2.13. The molecule has 4 nitrogen and oxygen atoms in total. The SMILES string of the molecule is COc1ccc(C(C)OC(=O)CBr)cc1OC. The van der Waals surface area contributed by atoms with Crippen molar-refractivity contribution in [2.75, 3.05) is 19.5 Å². The molecule has 0 aliphatic carbocycles. The van der Waals surface area contributed by atoms with Crippen LogP contribution in [0.2, 0.25) is 0 Å². The average molecular weight is 303 g/mol. The first-order valence-electron chi connectivity index (χ1n) is 5.09. The molecular formula is C12H15BrO4. The largest absolute Gasteiger partial charge is 0.493 e. The monoisotopic (exact) mass is 302 g/mol. The lowest BCUT2D eigenvalue weighted by Crippen LogP contribution is -2.09. The maximum Gasteiger partial charge on any atom is 0.317 e. The van der Waals surface area contributed by atoms with Gasteiger partial charge in [0, 0.05) is 0 Å². The predicted molar refractivity (Wildman–Crippen MR) is 67.8 cm³/mol. The van der Waals surface area contributed by atoms with Crippen molar-refractivity contribution in [2.45, 2.75) is 13.0 Å². The molecule has 0 amide bonds. The molecule has 0 saturated heterocycles. The Morgan fingerprint density at radius 1 is 1.29 bits per heavy atom. The molecule has 94 valence electrons. The number of halogens is 1. The van der Waals surface area contributed by atoms with Gasteiger partial charge in [-0.2, -0.15) is 0 Å². The summed E-state index contributed by atoms with van der Waals surface area (Å²) in [6.07, 6.45) is -0.320. The van der Waals surface area contributed by atoms with E-state index in [2.05, 4.69) is 15.9 Å². The van der Waals surface area contributed by atoms with Crippen molar-refractivity contribution in [1.82, 2.24) is 0 Å². The van der Waals surface area contributed by atoms with Crippen molar-refractivity contribution >= 4 is 21.9 Å². The first kappa shape index (κ1) is 13.8. The maximum atomic E-state index is 11.1. The number of esters is 1. The molecule has 1 aromatic carbocycles. The van der Waals surface area contributed by atoms with Crippen LogP contribution in [0.5, 0.6) is 11.5 Å². The molecule has 0 aromatic heterocycles. The van der Waals surface area contributed by atoms with Gasteiger partial charge in [0.05, 0.1) is 14.2 Å². The van der Waals surface area contributed by atoms with E-state index in [9.17, 15) is 4.79 Å². The number of methoxy groups -OCH3 is 2. The van der Waals surface area contributed by atoms with Gasteiger partial charge in [-0.1, -0.05) is 22.0 Å². The molecule has 0 aliphatic heterocycles. The summed E-state index contributed by atoms with van der Waals surface area (Å²) in [5, 5.41) is 0.185. The maximum absolute atomic E-state index is 11.1. The summed E-state index contributed by atoms with van der Waals surface area (Å²) in [4.78, 5) is 11.1. The summed E-state index contributed by atoms with van der Waals surface area (Å²) in [5.74, 6) is 0.967. The summed E-state index contributed by atoms with van der Waals surface area (Å²) >= 11 is 3.05. The number of carbonyl (C=O) groups excluding carboxylic acids is 1. The predicted octanol–water partition coefficient (Wildman–Crippen LogP) is 2.70. The van der Waals surface area contributed by atoms with E-state index in [0.717, 1.165) is 5.56 Å². The summed E-state index contributed by atoms with van der Waals surface area (Å²) < 4.78 is 15.5. The van der Waals surface area contributed by atoms with Crippen LogP contribution in [0.3, 0.4) is 0 Å². The Kier molecular flexibility index (Phi) is 5.28. The normalized spacial score (nSPS) is 11.8. The third-order valence-corrected chi connectivity index (χ3v) is 2.75. The summed E-state index contributed by atoms with van der Waals surface area (Å²) in [6, 6.07) is 5.42. The standard InChI is InChI=1S/C12H15BrO4/c1-8(17-12(14)7-13)9-4-5-10(15-2)11(6-9)16-3/h4-6,8H,7H2,1-3H3. The minimum absolute atomic E-state index is 0.185. The summed E-state index contributed by atoms with van der Waals surface area (Å²) in [6.45, 7) is 1.81. The van der Waals surface area contributed by atoms with Gasteiger partial charge in [-0.3, -0.25) is 4.79 Å². The summed E-state index contributed by atoms with van der Waals surface area (Å²) in [7, 11) is 3.14. The third-order valence-electron chi connectivity index (χ3n) is 2.29. The fraction of sp³-hybridized carbons (Fsp3) is 0.417. The van der Waals surface area contributed by atoms with E-state index >= 15 is 0 Å². The third kappa shape index (κ3) is 3.63. The Morgan fingerprint density at radius 3 is 2.47 bits per heavy atom. The Balaban J connectivity index is 2.87. The number of benzene rings is 1. The molecule has 0 N–H and O–H groups in total. The topological polar surface area (TPSA) is 44.8 Å². The van der Waals surface area contributed by atoms with Crippen molar-refractivity contribution in [1.29, 1.82) is 0 Å². The Morgan fingerprint density at radius 2 is 1.94 bits per heavy atom. The van der Waals surface area contributed by atoms with Gasteiger partial charge in [-0.05, 0) is 24.6 Å². The van der Waals surface area contributed by atoms with Gasteiger partial charge >= 0.3 is 5.97 Å². The highest BCUT2D eigenvalue weighted by Crippen LogP contribution is 2.30. The Hall–Kier alpha value is -1.23. The number of ether oxygens (including phenoxy) is 3. The highest BCUT2D eigenvalue weighted by molar-refractivity contribution is 9.09. The average Bonchev–Trinajstić information content (AvgIpc) is 2.37. The summed E-state index contributed by atoms with van der Waals surface area (Å²) in [5.41, 5.74) is 0.858. The van der Waals surface area contributed by atoms with E-state index in [4.69, 9.17) is 14.2 Å². The van der Waals surface area contributed by atoms with Crippen LogP contribution >= 0.6 is 15.9 Å². The van der Waals surface area contributed by atoms with Crippen molar-refractivity contribution in [3.8, 4) is 11.5 Å². The molecule has 1 rings (SSSR count). The van der Waals surface area contributed by atoms with Crippen LogP contribution in [0.4, 0.5) is 0 Å². The number of carbonyl (C=O) groups is 1. The van der Waals surface area contributed by atoms with Crippen molar-refractivity contribution in [2.24, 2.45) is 0 Å². The highest BCUT2D eigenvalue weighted by atomic mass is 79.9. The van der Waals surface area contributed by atoms with E-state index < -0.39 is 0 Å². The van der Waals surface area contributed by atoms with E-state index in [-0.39, 0.29) is 17.4 Å². The number of alkyl halides is 1. The van der Waals surface area contributed by atoms with Crippen molar-refractivity contribution < 1.29 is 19.0 Å². The molecular weight excluding hydrogens is 288 g/mol. The second-order valence-corrected chi connectivity index (χ2v) is 3.94. The van der Waals surface area contributed by atoms with E-state index in [0.29, 0.717) is 11.5 Å². The van der Waals surface area contributed by atoms with E-state index in [1.165, 1.54) is 0 Å². The molecule has 0 bridgehead atoms. The lowest BCUT2D eigenvalue weighted by Gasteiger charge is -2.15. The molecule has 1 atom stereocenters. The van der Waals surface area contributed by atoms with Gasteiger partial charge in [0.1, 0.15) is 11.4 Å². The van der Waals surface area contributed by atoms with Crippen LogP contribution < -0.4 is 9.47 Å². The number of rotatable bonds is 5. The molecule has 5 heteroatoms. The van der Waals surface area contributed by atoms with Gasteiger partial charge in [-0.25, -0.2) is 0 Å². The quantitative estimate of drug-likeness (QED) is 0.620. The molecule has 0 spiro atoms. The van der Waals surface area contributed by atoms with Crippen LogP contribution in [0.25, 0.3) is 0 Å². The zero-order valence-corrected chi connectivity index (χ0v) is 11.6. The molecule has 1 aromatic rings. The molecule has 17 heavy (non-hydrogen) atoms. The molecule has 0 saturated carbocycles. The second kappa shape index (κ2) is 6.49. The van der Waals surface area contributed by atoms with Crippen LogP contribution in [-0.2, 0) is 9.53 Å². The number of hydrogen-bond donors (Lipinski definition) is 0. The fourth-order valence-corrected chi connectivity index (χ4v) is 1.53. The molecule has 0 fully saturated rings. The second-order valence-electron chi connectivity index (χ2n) is 3.38. The lowest BCUT2D eigenvalue weighted by atomic mass is 10.1. The molecule has 1 unspecified atom stereocenters. The first-order valence-corrected chi connectivity index (χ1v) is 6.22. The smallest absolute Gasteiger partial charge is 0.317 e. The molecule has 0 heterocycles. The van der Waals surface area contributed by atoms with Crippen LogP contribution in [0.1, 0.15) is 18.6 Å². The zero-order chi connectivity index (χ0) is 12.8. The Labute approximate surface area is 109 Å². The lowest BCUT2D eigenvalue weighted by molar-refractivity contribution is -0.145. The van der Waals surface area contributed by atoms with Crippen LogP contribution in [-0.4, -0.2) is 25.5 Å². The zero-order valence-electron chi connectivity index (χ0n) is 10.0. The van der Waals surface area contributed by atoms with Crippen molar-refractivity contribution in [3.05, 3.63) is 23.8 Å². The van der Waals surface area contributed by atoms with Gasteiger partial charge in [0.25, 0.3) is 0 Å². The van der Waals surface area contributed by atoms with Crippen LogP contribution in [0, 0.1) is 0 Å². The van der Waals surface area contributed by atoms with Gasteiger partial charge in [0.2, 0.25) is 0 Å². The van der Waals surface area contributed by atoms with Gasteiger partial charge < -0.3 is 14.2 Å². The van der Waals surface area contributed by atoms with Crippen molar-refractivity contribution in [3.63, 3.8) is 0 Å². The number of hydrogen-bond acceptors (Lipinski definition) is 4. The van der Waals surface area contributed by atoms with Gasteiger partial charge in [-0.15, -0.1) is 0 Å². The minimum Gasteiger partial charge on any atom is -0.493 e. The fourth-order valence-electron chi connectivity index (χ4n) is 1.40. The van der Waals surface area contributed by atoms with E-state index in [1.54, 1.807) is 26.4 Å². The Bertz CT molecular complexity index is 392. The van der Waals surface area contributed by atoms with Gasteiger partial charge in [0.15, 0.2) is 11.5 Å². The molecule has 0 aliphatic rings. The first-order chi connectivity index (χ1) is 8.12. The minimum atomic E-state index is -0.320.